The van der Waals surface area contributed by atoms with Gasteiger partial charge in [0, 0.05) is 42.8 Å². The molecule has 0 spiro atoms. The first-order chi connectivity index (χ1) is 13.6. The van der Waals surface area contributed by atoms with Crippen LogP contribution in [0.1, 0.15) is 10.5 Å². The van der Waals surface area contributed by atoms with E-state index in [1.165, 1.54) is 4.90 Å². The molecule has 1 fully saturated rings. The number of carbonyl (C=O) groups excluding carboxylic acids is 3. The molecule has 2 N–H and O–H groups in total. The maximum Gasteiger partial charge on any atom is 0.313 e. The number of amides is 3. The van der Waals surface area contributed by atoms with Gasteiger partial charge in [0.05, 0.1) is 0 Å². The molecule has 4 rings (SSSR count). The summed E-state index contributed by atoms with van der Waals surface area (Å²) in [6.45, 7) is 1.43. The van der Waals surface area contributed by atoms with Gasteiger partial charge in [-0.1, -0.05) is 36.4 Å². The second kappa shape index (κ2) is 7.56. The number of aromatic amines is 1. The first-order valence-electron chi connectivity index (χ1n) is 9.14. The van der Waals surface area contributed by atoms with Gasteiger partial charge in [-0.05, 0) is 24.3 Å². The first kappa shape index (κ1) is 17.8. The lowest BCUT2D eigenvalue weighted by Crippen LogP contribution is -2.53. The Morgan fingerprint density at radius 1 is 0.821 bits per heavy atom. The van der Waals surface area contributed by atoms with Crippen molar-refractivity contribution in [1.29, 1.82) is 0 Å². The number of piperazine rings is 1. The van der Waals surface area contributed by atoms with E-state index in [1.807, 2.05) is 36.4 Å². The van der Waals surface area contributed by atoms with Gasteiger partial charge < -0.3 is 20.1 Å². The quantitative estimate of drug-likeness (QED) is 0.672. The van der Waals surface area contributed by atoms with Crippen molar-refractivity contribution in [2.24, 2.45) is 0 Å². The Hall–Kier alpha value is -3.61. The Morgan fingerprint density at radius 3 is 2.18 bits per heavy atom. The monoisotopic (exact) mass is 376 g/mol. The van der Waals surface area contributed by atoms with E-state index in [-0.39, 0.29) is 5.91 Å². The third-order valence-electron chi connectivity index (χ3n) is 4.84. The van der Waals surface area contributed by atoms with E-state index in [4.69, 9.17) is 0 Å². The molecular formula is C21H20N4O3. The number of anilines is 1. The lowest BCUT2D eigenvalue weighted by Gasteiger charge is -2.34. The SMILES string of the molecule is O=C(Nc1ccccc1)C(=O)N1CCN(C(=O)c2cc3ccccc3[nH]2)CC1. The highest BCUT2D eigenvalue weighted by atomic mass is 16.2. The summed E-state index contributed by atoms with van der Waals surface area (Å²) in [6.07, 6.45) is 0. The summed E-state index contributed by atoms with van der Waals surface area (Å²) >= 11 is 0. The summed E-state index contributed by atoms with van der Waals surface area (Å²) in [4.78, 5) is 43.6. The van der Waals surface area contributed by atoms with Crippen molar-refractivity contribution in [1.82, 2.24) is 14.8 Å². The van der Waals surface area contributed by atoms with E-state index >= 15 is 0 Å². The summed E-state index contributed by atoms with van der Waals surface area (Å²) in [6, 6.07) is 18.4. The Balaban J connectivity index is 1.35. The average molecular weight is 376 g/mol. The Labute approximate surface area is 161 Å². The van der Waals surface area contributed by atoms with Gasteiger partial charge in [-0.15, -0.1) is 0 Å². The lowest BCUT2D eigenvalue weighted by molar-refractivity contribution is -0.144. The molecule has 0 bridgehead atoms. The highest BCUT2D eigenvalue weighted by molar-refractivity contribution is 6.39. The zero-order valence-electron chi connectivity index (χ0n) is 15.2. The topological polar surface area (TPSA) is 85.5 Å². The lowest BCUT2D eigenvalue weighted by atomic mass is 10.2. The van der Waals surface area contributed by atoms with Crippen molar-refractivity contribution in [2.45, 2.75) is 0 Å². The fourth-order valence-electron chi connectivity index (χ4n) is 3.32. The molecule has 1 aliphatic heterocycles. The van der Waals surface area contributed by atoms with Crippen LogP contribution in [0.3, 0.4) is 0 Å². The number of rotatable bonds is 2. The number of benzene rings is 2. The van der Waals surface area contributed by atoms with Crippen molar-refractivity contribution in [2.75, 3.05) is 31.5 Å². The minimum atomic E-state index is -0.665. The number of nitrogens with one attached hydrogen (secondary N) is 2. The number of aromatic nitrogens is 1. The Morgan fingerprint density at radius 2 is 1.46 bits per heavy atom. The molecule has 7 heteroatoms. The number of hydrogen-bond donors (Lipinski definition) is 2. The van der Waals surface area contributed by atoms with Crippen LogP contribution < -0.4 is 5.32 Å². The summed E-state index contributed by atoms with van der Waals surface area (Å²) in [5.41, 5.74) is 2.02. The van der Waals surface area contributed by atoms with Crippen LogP contribution in [-0.4, -0.2) is 58.7 Å². The molecule has 2 heterocycles. The molecule has 3 amide bonds. The average Bonchev–Trinajstić information content (AvgIpc) is 3.18. The molecule has 0 saturated carbocycles. The van der Waals surface area contributed by atoms with Crippen molar-refractivity contribution in [3.8, 4) is 0 Å². The van der Waals surface area contributed by atoms with Crippen LogP contribution in [0.25, 0.3) is 10.9 Å². The number of hydrogen-bond acceptors (Lipinski definition) is 3. The Bertz CT molecular complexity index is 987. The highest BCUT2D eigenvalue weighted by Gasteiger charge is 2.28. The van der Waals surface area contributed by atoms with E-state index in [9.17, 15) is 14.4 Å². The van der Waals surface area contributed by atoms with Crippen LogP contribution in [0.5, 0.6) is 0 Å². The molecule has 0 radical (unpaired) electrons. The zero-order valence-corrected chi connectivity index (χ0v) is 15.2. The predicted molar refractivity (Wildman–Crippen MR) is 106 cm³/mol. The van der Waals surface area contributed by atoms with Crippen LogP contribution in [0.4, 0.5) is 5.69 Å². The number of H-pyrrole nitrogens is 1. The van der Waals surface area contributed by atoms with Crippen molar-refractivity contribution < 1.29 is 14.4 Å². The second-order valence-corrected chi connectivity index (χ2v) is 6.67. The molecule has 1 saturated heterocycles. The van der Waals surface area contributed by atoms with E-state index < -0.39 is 11.8 Å². The van der Waals surface area contributed by atoms with Crippen LogP contribution in [0, 0.1) is 0 Å². The maximum absolute atomic E-state index is 12.7. The molecule has 0 unspecified atom stereocenters. The van der Waals surface area contributed by atoms with Gasteiger partial charge in [-0.3, -0.25) is 14.4 Å². The van der Waals surface area contributed by atoms with E-state index in [2.05, 4.69) is 10.3 Å². The standard InChI is InChI=1S/C21H20N4O3/c26-19(22-16-7-2-1-3-8-16)21(28)25-12-10-24(11-13-25)20(27)18-14-15-6-4-5-9-17(15)23-18/h1-9,14,23H,10-13H2,(H,22,26). The minimum absolute atomic E-state index is 0.1000. The number of carbonyl (C=O) groups is 3. The summed E-state index contributed by atoms with van der Waals surface area (Å²) < 4.78 is 0. The van der Waals surface area contributed by atoms with E-state index in [0.29, 0.717) is 37.6 Å². The van der Waals surface area contributed by atoms with E-state index in [1.54, 1.807) is 29.2 Å². The van der Waals surface area contributed by atoms with Crippen molar-refractivity contribution >= 4 is 34.3 Å². The van der Waals surface area contributed by atoms with Gasteiger partial charge in [0.25, 0.3) is 5.91 Å². The van der Waals surface area contributed by atoms with E-state index in [0.717, 1.165) is 10.9 Å². The summed E-state index contributed by atoms with van der Waals surface area (Å²) in [5.74, 6) is -1.35. The minimum Gasteiger partial charge on any atom is -0.351 e. The predicted octanol–water partition coefficient (Wildman–Crippen LogP) is 2.09. The smallest absolute Gasteiger partial charge is 0.313 e. The molecule has 0 atom stereocenters. The molecule has 1 aliphatic rings. The van der Waals surface area contributed by atoms with Gasteiger partial charge >= 0.3 is 11.8 Å². The molecule has 3 aromatic rings. The molecule has 0 aliphatic carbocycles. The molecule has 2 aromatic carbocycles. The normalized spacial score (nSPS) is 14.1. The summed E-state index contributed by atoms with van der Waals surface area (Å²) in [5, 5.41) is 3.58. The molecule has 28 heavy (non-hydrogen) atoms. The zero-order chi connectivity index (χ0) is 19.5. The largest absolute Gasteiger partial charge is 0.351 e. The van der Waals surface area contributed by atoms with Crippen molar-refractivity contribution in [3.63, 3.8) is 0 Å². The number of nitrogens with zero attached hydrogens (tertiary/aromatic N) is 2. The number of para-hydroxylation sites is 2. The van der Waals surface area contributed by atoms with Crippen LogP contribution in [0.2, 0.25) is 0 Å². The maximum atomic E-state index is 12.7. The van der Waals surface area contributed by atoms with Gasteiger partial charge in [-0.25, -0.2) is 0 Å². The number of fused-ring (bicyclic) bond motifs is 1. The van der Waals surface area contributed by atoms with Gasteiger partial charge in [0.15, 0.2) is 0 Å². The Kier molecular flexibility index (Phi) is 4.80. The van der Waals surface area contributed by atoms with Gasteiger partial charge in [0.1, 0.15) is 5.69 Å². The molecule has 1 aromatic heterocycles. The van der Waals surface area contributed by atoms with Crippen LogP contribution in [-0.2, 0) is 9.59 Å². The first-order valence-corrected chi connectivity index (χ1v) is 9.14. The third-order valence-corrected chi connectivity index (χ3v) is 4.84. The van der Waals surface area contributed by atoms with Crippen LogP contribution in [0.15, 0.2) is 60.7 Å². The molecule has 142 valence electrons. The second-order valence-electron chi connectivity index (χ2n) is 6.67. The molecule has 7 nitrogen and oxygen atoms in total. The van der Waals surface area contributed by atoms with Gasteiger partial charge in [-0.2, -0.15) is 0 Å². The van der Waals surface area contributed by atoms with Crippen LogP contribution >= 0.6 is 0 Å². The van der Waals surface area contributed by atoms with Crippen molar-refractivity contribution in [3.05, 3.63) is 66.4 Å². The molecular weight excluding hydrogens is 356 g/mol. The highest BCUT2D eigenvalue weighted by Crippen LogP contribution is 2.17. The fourth-order valence-corrected chi connectivity index (χ4v) is 3.32. The fraction of sp³-hybridized carbons (Fsp3) is 0.190. The van der Waals surface area contributed by atoms with Gasteiger partial charge in [0.2, 0.25) is 0 Å². The third kappa shape index (κ3) is 3.59. The summed E-state index contributed by atoms with van der Waals surface area (Å²) in [7, 11) is 0.